The maximum atomic E-state index is 12.6. The lowest BCUT2D eigenvalue weighted by molar-refractivity contribution is 0.0600. The van der Waals surface area contributed by atoms with Crippen molar-refractivity contribution in [3.05, 3.63) is 58.6 Å². The zero-order valence-corrected chi connectivity index (χ0v) is 15.5. The summed E-state index contributed by atoms with van der Waals surface area (Å²) in [5.74, 6) is -0.135. The number of rotatable bonds is 6. The Kier molecular flexibility index (Phi) is 6.05. The lowest BCUT2D eigenvalue weighted by atomic mass is 10.1. The summed E-state index contributed by atoms with van der Waals surface area (Å²) >= 11 is 5.93. The molecule has 1 N–H and O–H groups in total. The molecule has 0 aliphatic rings. The van der Waals surface area contributed by atoms with Crippen LogP contribution >= 0.6 is 11.6 Å². The average molecular weight is 384 g/mol. The van der Waals surface area contributed by atoms with Gasteiger partial charge in [-0.3, -0.25) is 0 Å². The average Bonchev–Trinajstić information content (AvgIpc) is 2.60. The van der Waals surface area contributed by atoms with Crippen LogP contribution in [0.4, 0.5) is 0 Å². The van der Waals surface area contributed by atoms with E-state index in [1.54, 1.807) is 31.2 Å². The third-order valence-electron chi connectivity index (χ3n) is 3.59. The van der Waals surface area contributed by atoms with E-state index in [-0.39, 0.29) is 15.5 Å². The smallest absolute Gasteiger partial charge is 0.339 e. The number of carbonyl (C=O) groups is 1. The van der Waals surface area contributed by atoms with Crippen LogP contribution in [-0.2, 0) is 14.8 Å². The quantitative estimate of drug-likeness (QED) is 0.775. The number of hydrogen-bond donors (Lipinski definition) is 1. The SMILES string of the molecule is COC(=O)c1cc(S(=O)(=O)NC(C)c2ccccc2OC)ccc1Cl. The third kappa shape index (κ3) is 4.31. The lowest BCUT2D eigenvalue weighted by Crippen LogP contribution is -2.27. The normalized spacial score (nSPS) is 12.5. The second-order valence-corrected chi connectivity index (χ2v) is 7.34. The maximum absolute atomic E-state index is 12.6. The number of nitrogens with one attached hydrogen (secondary N) is 1. The van der Waals surface area contributed by atoms with E-state index in [4.69, 9.17) is 16.3 Å². The Morgan fingerprint density at radius 3 is 2.48 bits per heavy atom. The zero-order chi connectivity index (χ0) is 18.6. The van der Waals surface area contributed by atoms with Gasteiger partial charge in [-0.05, 0) is 31.2 Å². The highest BCUT2D eigenvalue weighted by Gasteiger charge is 2.22. The minimum absolute atomic E-state index is 0.0167. The Balaban J connectivity index is 2.34. The number of hydrogen-bond acceptors (Lipinski definition) is 5. The van der Waals surface area contributed by atoms with Gasteiger partial charge in [0.25, 0.3) is 0 Å². The number of methoxy groups -OCH3 is 2. The fraction of sp³-hybridized carbons (Fsp3) is 0.235. The summed E-state index contributed by atoms with van der Waals surface area (Å²) < 4.78 is 37.7. The van der Waals surface area contributed by atoms with E-state index >= 15 is 0 Å². The number of ether oxygens (including phenoxy) is 2. The number of esters is 1. The topological polar surface area (TPSA) is 81.7 Å². The molecule has 0 fully saturated rings. The molecule has 2 rings (SSSR count). The van der Waals surface area contributed by atoms with Crippen LogP contribution in [0.3, 0.4) is 0 Å². The van der Waals surface area contributed by atoms with Gasteiger partial charge in [-0.2, -0.15) is 0 Å². The molecule has 1 atom stereocenters. The van der Waals surface area contributed by atoms with Crippen LogP contribution in [0.25, 0.3) is 0 Å². The first-order valence-electron chi connectivity index (χ1n) is 7.33. The first-order valence-corrected chi connectivity index (χ1v) is 9.19. The van der Waals surface area contributed by atoms with Crippen molar-refractivity contribution < 1.29 is 22.7 Å². The largest absolute Gasteiger partial charge is 0.496 e. The van der Waals surface area contributed by atoms with Crippen molar-refractivity contribution in [1.29, 1.82) is 0 Å². The molecule has 2 aromatic rings. The molecule has 0 radical (unpaired) electrons. The number of sulfonamides is 1. The van der Waals surface area contributed by atoms with Crippen molar-refractivity contribution in [1.82, 2.24) is 4.72 Å². The number of para-hydroxylation sites is 1. The first kappa shape index (κ1) is 19.2. The highest BCUT2D eigenvalue weighted by atomic mass is 35.5. The van der Waals surface area contributed by atoms with Gasteiger partial charge in [-0.1, -0.05) is 29.8 Å². The van der Waals surface area contributed by atoms with Gasteiger partial charge in [0.1, 0.15) is 5.75 Å². The molecule has 0 aliphatic carbocycles. The van der Waals surface area contributed by atoms with E-state index in [9.17, 15) is 13.2 Å². The van der Waals surface area contributed by atoms with E-state index < -0.39 is 22.0 Å². The van der Waals surface area contributed by atoms with Crippen molar-refractivity contribution in [2.45, 2.75) is 17.9 Å². The Morgan fingerprint density at radius 1 is 1.16 bits per heavy atom. The molecule has 0 saturated heterocycles. The van der Waals surface area contributed by atoms with E-state index in [0.717, 1.165) is 0 Å². The molecule has 6 nitrogen and oxygen atoms in total. The van der Waals surface area contributed by atoms with Gasteiger partial charge in [0.05, 0.1) is 29.7 Å². The Labute approximate surface area is 151 Å². The van der Waals surface area contributed by atoms with Crippen LogP contribution in [-0.4, -0.2) is 28.6 Å². The summed E-state index contributed by atoms with van der Waals surface area (Å²) in [7, 11) is -1.17. The van der Waals surface area contributed by atoms with E-state index in [1.807, 2.05) is 0 Å². The number of carbonyl (C=O) groups excluding carboxylic acids is 1. The van der Waals surface area contributed by atoms with Gasteiger partial charge in [0, 0.05) is 11.6 Å². The van der Waals surface area contributed by atoms with Crippen LogP contribution in [0.2, 0.25) is 5.02 Å². The molecule has 1 unspecified atom stereocenters. The fourth-order valence-corrected chi connectivity index (χ4v) is 3.77. The molecule has 0 aliphatic heterocycles. The monoisotopic (exact) mass is 383 g/mol. The minimum atomic E-state index is -3.89. The van der Waals surface area contributed by atoms with Gasteiger partial charge >= 0.3 is 5.97 Å². The van der Waals surface area contributed by atoms with E-state index in [1.165, 1.54) is 32.4 Å². The maximum Gasteiger partial charge on any atom is 0.339 e. The molecular formula is C17H18ClNO5S. The van der Waals surface area contributed by atoms with Gasteiger partial charge in [-0.15, -0.1) is 0 Å². The molecular weight excluding hydrogens is 366 g/mol. The van der Waals surface area contributed by atoms with Crippen LogP contribution in [0, 0.1) is 0 Å². The summed E-state index contributed by atoms with van der Waals surface area (Å²) in [5.41, 5.74) is 0.674. The van der Waals surface area contributed by atoms with Gasteiger partial charge in [-0.25, -0.2) is 17.9 Å². The molecule has 0 heterocycles. The molecule has 0 amide bonds. The number of halogens is 1. The van der Waals surface area contributed by atoms with Crippen LogP contribution in [0.1, 0.15) is 28.9 Å². The second-order valence-electron chi connectivity index (χ2n) is 5.22. The fourth-order valence-electron chi connectivity index (χ4n) is 2.33. The Bertz CT molecular complexity index is 882. The highest BCUT2D eigenvalue weighted by molar-refractivity contribution is 7.89. The standard InChI is InChI=1S/C17H18ClNO5S/c1-11(13-6-4-5-7-16(13)23-2)19-25(21,22)12-8-9-15(18)14(10-12)17(20)24-3/h4-11,19H,1-3H3. The van der Waals surface area contributed by atoms with Crippen molar-refractivity contribution in [3.8, 4) is 5.75 Å². The summed E-state index contributed by atoms with van der Waals surface area (Å²) in [4.78, 5) is 11.6. The summed E-state index contributed by atoms with van der Waals surface area (Å²) in [5, 5.41) is 0.114. The summed E-state index contributed by atoms with van der Waals surface area (Å²) in [6.07, 6.45) is 0. The van der Waals surface area contributed by atoms with E-state index in [2.05, 4.69) is 9.46 Å². The zero-order valence-electron chi connectivity index (χ0n) is 13.9. The van der Waals surface area contributed by atoms with Gasteiger partial charge in [0.15, 0.2) is 0 Å². The molecule has 2 aromatic carbocycles. The lowest BCUT2D eigenvalue weighted by Gasteiger charge is -2.17. The van der Waals surface area contributed by atoms with Gasteiger partial charge < -0.3 is 9.47 Å². The molecule has 0 spiro atoms. The highest BCUT2D eigenvalue weighted by Crippen LogP contribution is 2.27. The van der Waals surface area contributed by atoms with Crippen LogP contribution < -0.4 is 9.46 Å². The van der Waals surface area contributed by atoms with Crippen LogP contribution in [0.5, 0.6) is 5.75 Å². The number of benzene rings is 2. The molecule has 0 aromatic heterocycles. The molecule has 134 valence electrons. The molecule has 0 bridgehead atoms. The third-order valence-corrected chi connectivity index (χ3v) is 5.46. The molecule has 8 heteroatoms. The summed E-state index contributed by atoms with van der Waals surface area (Å²) in [6.45, 7) is 1.70. The minimum Gasteiger partial charge on any atom is -0.496 e. The Hall–Kier alpha value is -2.09. The second kappa shape index (κ2) is 7.86. The molecule has 25 heavy (non-hydrogen) atoms. The van der Waals surface area contributed by atoms with Crippen molar-refractivity contribution in [2.24, 2.45) is 0 Å². The first-order chi connectivity index (χ1) is 11.8. The molecule has 0 saturated carbocycles. The van der Waals surface area contributed by atoms with Gasteiger partial charge in [0.2, 0.25) is 10.0 Å². The van der Waals surface area contributed by atoms with Crippen molar-refractivity contribution in [3.63, 3.8) is 0 Å². The van der Waals surface area contributed by atoms with Crippen molar-refractivity contribution in [2.75, 3.05) is 14.2 Å². The van der Waals surface area contributed by atoms with E-state index in [0.29, 0.717) is 11.3 Å². The van der Waals surface area contributed by atoms with Crippen LogP contribution in [0.15, 0.2) is 47.4 Å². The van der Waals surface area contributed by atoms with Crippen molar-refractivity contribution >= 4 is 27.6 Å². The predicted octanol–water partition coefficient (Wildman–Crippen LogP) is 3.17. The Morgan fingerprint density at radius 2 is 1.84 bits per heavy atom. The summed E-state index contributed by atoms with van der Waals surface area (Å²) in [6, 6.07) is 10.4. The predicted molar refractivity (Wildman–Crippen MR) is 94.5 cm³/mol.